The molecule has 0 aliphatic rings. The maximum atomic E-state index is 11.1. The van der Waals surface area contributed by atoms with Crippen LogP contribution in [0.3, 0.4) is 0 Å². The van der Waals surface area contributed by atoms with Crippen LogP contribution in [0, 0.1) is 11.3 Å². The van der Waals surface area contributed by atoms with E-state index in [0.717, 1.165) is 6.42 Å². The zero-order valence-electron chi connectivity index (χ0n) is 10.1. The smallest absolute Gasteiger partial charge is 0.309 e. The summed E-state index contributed by atoms with van der Waals surface area (Å²) in [6.07, 6.45) is 2.54. The Morgan fingerprint density at radius 2 is 1.93 bits per heavy atom. The van der Waals surface area contributed by atoms with Crippen molar-refractivity contribution in [2.75, 3.05) is 0 Å². The van der Waals surface area contributed by atoms with Crippen LogP contribution in [0.5, 0.6) is 0 Å². The maximum Gasteiger partial charge on any atom is 0.309 e. The average Bonchev–Trinajstić information content (AvgIpc) is 2.10. The molecule has 15 heavy (non-hydrogen) atoms. The molecule has 3 heteroatoms. The van der Waals surface area contributed by atoms with Crippen LogP contribution in [0.1, 0.15) is 40.5 Å². The summed E-state index contributed by atoms with van der Waals surface area (Å²) in [6, 6.07) is 0. The SMILES string of the molecule is C=CC(O)(C(CCC)C(=O)O)C(C)(C)C. The molecular formula is C12H22O3. The Morgan fingerprint density at radius 3 is 2.13 bits per heavy atom. The molecule has 2 atom stereocenters. The maximum absolute atomic E-state index is 11.1. The zero-order chi connectivity index (χ0) is 12.3. The van der Waals surface area contributed by atoms with Gasteiger partial charge in [-0.25, -0.2) is 0 Å². The van der Waals surface area contributed by atoms with Crippen molar-refractivity contribution in [1.29, 1.82) is 0 Å². The summed E-state index contributed by atoms with van der Waals surface area (Å²) in [4.78, 5) is 11.1. The number of hydrogen-bond acceptors (Lipinski definition) is 2. The first-order chi connectivity index (χ1) is 6.70. The summed E-state index contributed by atoms with van der Waals surface area (Å²) in [6.45, 7) is 10.9. The van der Waals surface area contributed by atoms with Gasteiger partial charge in [0.05, 0.1) is 5.92 Å². The Morgan fingerprint density at radius 1 is 1.47 bits per heavy atom. The number of aliphatic hydroxyl groups is 1. The van der Waals surface area contributed by atoms with E-state index in [4.69, 9.17) is 5.11 Å². The minimum Gasteiger partial charge on any atom is -0.481 e. The monoisotopic (exact) mass is 214 g/mol. The van der Waals surface area contributed by atoms with Crippen LogP contribution in [-0.4, -0.2) is 21.8 Å². The Hall–Kier alpha value is -0.830. The molecule has 0 aliphatic carbocycles. The van der Waals surface area contributed by atoms with Gasteiger partial charge >= 0.3 is 5.97 Å². The highest BCUT2D eigenvalue weighted by atomic mass is 16.4. The molecule has 0 fully saturated rings. The third-order valence-corrected chi connectivity index (χ3v) is 2.92. The minimum atomic E-state index is -1.37. The van der Waals surface area contributed by atoms with Gasteiger partial charge in [0.25, 0.3) is 0 Å². The van der Waals surface area contributed by atoms with Crippen LogP contribution < -0.4 is 0 Å². The lowest BCUT2D eigenvalue weighted by molar-refractivity contribution is -0.157. The summed E-state index contributed by atoms with van der Waals surface area (Å²) in [5, 5.41) is 19.5. The molecular weight excluding hydrogens is 192 g/mol. The van der Waals surface area contributed by atoms with Crippen LogP contribution in [0.4, 0.5) is 0 Å². The largest absolute Gasteiger partial charge is 0.481 e. The quantitative estimate of drug-likeness (QED) is 0.691. The normalized spacial score (nSPS) is 17.9. The zero-order valence-corrected chi connectivity index (χ0v) is 10.1. The lowest BCUT2D eigenvalue weighted by Crippen LogP contribution is -2.50. The van der Waals surface area contributed by atoms with Crippen molar-refractivity contribution in [2.24, 2.45) is 11.3 Å². The van der Waals surface area contributed by atoms with Gasteiger partial charge in [0.2, 0.25) is 0 Å². The number of carboxylic acid groups (broad SMARTS) is 1. The second kappa shape index (κ2) is 4.79. The van der Waals surface area contributed by atoms with Gasteiger partial charge < -0.3 is 10.2 Å². The van der Waals surface area contributed by atoms with Gasteiger partial charge in [-0.15, -0.1) is 6.58 Å². The van der Waals surface area contributed by atoms with Gasteiger partial charge in [0, 0.05) is 0 Å². The summed E-state index contributed by atoms with van der Waals surface area (Å²) in [7, 11) is 0. The Kier molecular flexibility index (Phi) is 4.53. The fourth-order valence-electron chi connectivity index (χ4n) is 1.79. The van der Waals surface area contributed by atoms with Crippen LogP contribution in [-0.2, 0) is 4.79 Å². The van der Waals surface area contributed by atoms with Gasteiger partial charge in [-0.2, -0.15) is 0 Å². The molecule has 0 aromatic carbocycles. The molecule has 0 bridgehead atoms. The molecule has 0 aromatic rings. The predicted molar refractivity (Wildman–Crippen MR) is 60.6 cm³/mol. The van der Waals surface area contributed by atoms with Crippen molar-refractivity contribution in [3.05, 3.63) is 12.7 Å². The number of carbonyl (C=O) groups is 1. The molecule has 2 unspecified atom stereocenters. The number of carboxylic acids is 1. The first kappa shape index (κ1) is 14.2. The van der Waals surface area contributed by atoms with E-state index in [1.54, 1.807) is 0 Å². The van der Waals surface area contributed by atoms with Gasteiger partial charge in [-0.3, -0.25) is 4.79 Å². The highest BCUT2D eigenvalue weighted by Gasteiger charge is 2.47. The molecule has 2 N–H and O–H groups in total. The second-order valence-electron chi connectivity index (χ2n) is 4.96. The van der Waals surface area contributed by atoms with E-state index in [1.165, 1.54) is 6.08 Å². The number of hydrogen-bond donors (Lipinski definition) is 2. The molecule has 0 amide bonds. The first-order valence-corrected chi connectivity index (χ1v) is 5.29. The highest BCUT2D eigenvalue weighted by Crippen LogP contribution is 2.39. The summed E-state index contributed by atoms with van der Waals surface area (Å²) >= 11 is 0. The second-order valence-corrected chi connectivity index (χ2v) is 4.96. The number of rotatable bonds is 5. The van der Waals surface area contributed by atoms with Crippen molar-refractivity contribution in [1.82, 2.24) is 0 Å². The molecule has 0 heterocycles. The van der Waals surface area contributed by atoms with E-state index in [2.05, 4.69) is 6.58 Å². The Balaban J connectivity index is 5.21. The van der Waals surface area contributed by atoms with E-state index in [-0.39, 0.29) is 0 Å². The molecule has 0 aromatic heterocycles. The summed E-state index contributed by atoms with van der Waals surface area (Å²) in [5.74, 6) is -1.76. The van der Waals surface area contributed by atoms with Gasteiger partial charge in [0.15, 0.2) is 0 Å². The van der Waals surface area contributed by atoms with Crippen LogP contribution >= 0.6 is 0 Å². The lowest BCUT2D eigenvalue weighted by atomic mass is 9.67. The summed E-state index contributed by atoms with van der Waals surface area (Å²) < 4.78 is 0. The third kappa shape index (κ3) is 2.81. The van der Waals surface area contributed by atoms with Crippen LogP contribution in [0.15, 0.2) is 12.7 Å². The molecule has 3 nitrogen and oxygen atoms in total. The van der Waals surface area contributed by atoms with E-state index in [1.807, 2.05) is 27.7 Å². The standard InChI is InChI=1S/C12H22O3/c1-6-8-9(10(13)14)12(15,7-2)11(3,4)5/h7,9,15H,2,6,8H2,1,3-5H3,(H,13,14). The molecule has 0 saturated heterocycles. The van der Waals surface area contributed by atoms with Crippen LogP contribution in [0.2, 0.25) is 0 Å². The van der Waals surface area contributed by atoms with E-state index in [0.29, 0.717) is 6.42 Å². The van der Waals surface area contributed by atoms with Crippen LogP contribution in [0.25, 0.3) is 0 Å². The minimum absolute atomic E-state index is 0.453. The molecule has 0 saturated carbocycles. The summed E-state index contributed by atoms with van der Waals surface area (Å²) in [5.41, 5.74) is -1.90. The molecule has 0 rings (SSSR count). The first-order valence-electron chi connectivity index (χ1n) is 5.29. The molecule has 0 spiro atoms. The van der Waals surface area contributed by atoms with Crippen molar-refractivity contribution in [3.63, 3.8) is 0 Å². The van der Waals surface area contributed by atoms with E-state index < -0.39 is 22.9 Å². The highest BCUT2D eigenvalue weighted by molar-refractivity contribution is 5.72. The van der Waals surface area contributed by atoms with E-state index in [9.17, 15) is 9.90 Å². The van der Waals surface area contributed by atoms with Crippen molar-refractivity contribution < 1.29 is 15.0 Å². The molecule has 0 radical (unpaired) electrons. The molecule has 88 valence electrons. The predicted octanol–water partition coefficient (Wildman–Crippen LogP) is 2.45. The van der Waals surface area contributed by atoms with Crippen molar-refractivity contribution in [2.45, 2.75) is 46.1 Å². The fourth-order valence-corrected chi connectivity index (χ4v) is 1.79. The fraction of sp³-hybridized carbons (Fsp3) is 0.750. The Bertz CT molecular complexity index is 240. The van der Waals surface area contributed by atoms with Gasteiger partial charge in [0.1, 0.15) is 5.60 Å². The van der Waals surface area contributed by atoms with Gasteiger partial charge in [-0.05, 0) is 11.8 Å². The van der Waals surface area contributed by atoms with Crippen molar-refractivity contribution in [3.8, 4) is 0 Å². The van der Waals surface area contributed by atoms with E-state index >= 15 is 0 Å². The topological polar surface area (TPSA) is 57.5 Å². The van der Waals surface area contributed by atoms with Gasteiger partial charge in [-0.1, -0.05) is 40.2 Å². The Labute approximate surface area is 91.8 Å². The third-order valence-electron chi connectivity index (χ3n) is 2.92. The van der Waals surface area contributed by atoms with Crippen molar-refractivity contribution >= 4 is 5.97 Å². The average molecular weight is 214 g/mol. The molecule has 0 aliphatic heterocycles. The number of aliphatic carboxylic acids is 1. The lowest BCUT2D eigenvalue weighted by Gasteiger charge is -2.42.